The van der Waals surface area contributed by atoms with Crippen LogP contribution >= 0.6 is 0 Å². The molecule has 0 radical (unpaired) electrons. The summed E-state index contributed by atoms with van der Waals surface area (Å²) in [6, 6.07) is 0. The van der Waals surface area contributed by atoms with Gasteiger partial charge < -0.3 is 14.8 Å². The number of rotatable bonds is 3. The maximum atomic E-state index is 11.9. The lowest BCUT2D eigenvalue weighted by molar-refractivity contribution is -0.145. The molecule has 0 aliphatic heterocycles. The van der Waals surface area contributed by atoms with Crippen molar-refractivity contribution >= 4 is 12.1 Å². The van der Waals surface area contributed by atoms with E-state index in [2.05, 4.69) is 5.32 Å². The van der Waals surface area contributed by atoms with Crippen molar-refractivity contribution in [3.05, 3.63) is 0 Å². The van der Waals surface area contributed by atoms with Gasteiger partial charge in [0, 0.05) is 5.41 Å². The monoisotopic (exact) mass is 257 g/mol. The molecule has 1 rings (SSSR count). The number of carbonyl (C=O) groups excluding carboxylic acids is 2. The summed E-state index contributed by atoms with van der Waals surface area (Å²) in [5, 5.41) is 2.68. The van der Waals surface area contributed by atoms with Gasteiger partial charge in [0.2, 0.25) is 0 Å². The zero-order valence-corrected chi connectivity index (χ0v) is 12.0. The van der Waals surface area contributed by atoms with Crippen molar-refractivity contribution in [1.29, 1.82) is 0 Å². The van der Waals surface area contributed by atoms with Crippen LogP contribution in [0.1, 0.15) is 47.5 Å². The molecular formula is C13H23NO4. The average Bonchev–Trinajstić information content (AvgIpc) is 2.82. The van der Waals surface area contributed by atoms with Gasteiger partial charge in [-0.3, -0.25) is 0 Å². The van der Waals surface area contributed by atoms with E-state index in [0.29, 0.717) is 6.42 Å². The molecule has 1 aliphatic rings. The normalized spacial score (nSPS) is 30.6. The molecule has 0 aromatic heterocycles. The second-order valence-corrected chi connectivity index (χ2v) is 6.11. The highest BCUT2D eigenvalue weighted by atomic mass is 16.6. The Hall–Kier alpha value is -1.26. The largest absolute Gasteiger partial charge is 0.467 e. The zero-order chi connectivity index (χ0) is 14.2. The minimum atomic E-state index is -0.932. The van der Waals surface area contributed by atoms with E-state index >= 15 is 0 Å². The van der Waals surface area contributed by atoms with Gasteiger partial charge in [0.05, 0.1) is 7.11 Å². The van der Waals surface area contributed by atoms with Gasteiger partial charge in [-0.05, 0) is 33.6 Å². The first kappa shape index (κ1) is 14.8. The van der Waals surface area contributed by atoms with E-state index in [0.717, 1.165) is 6.42 Å². The molecule has 2 atom stereocenters. The second-order valence-electron chi connectivity index (χ2n) is 6.11. The summed E-state index contributed by atoms with van der Waals surface area (Å²) in [6.07, 6.45) is 0.797. The van der Waals surface area contributed by atoms with Crippen LogP contribution in [0.15, 0.2) is 0 Å². The summed E-state index contributed by atoms with van der Waals surface area (Å²) in [7, 11) is 1.33. The van der Waals surface area contributed by atoms with E-state index < -0.39 is 23.2 Å². The van der Waals surface area contributed by atoms with Crippen molar-refractivity contribution in [3.63, 3.8) is 0 Å². The number of hydrogen-bond donors (Lipinski definition) is 1. The molecule has 0 aromatic rings. The summed E-state index contributed by atoms with van der Waals surface area (Å²) in [5.41, 5.74) is -1.77. The molecule has 1 N–H and O–H groups in total. The van der Waals surface area contributed by atoms with Crippen molar-refractivity contribution < 1.29 is 19.1 Å². The summed E-state index contributed by atoms with van der Waals surface area (Å²) in [5.74, 6) is -0.405. The van der Waals surface area contributed by atoms with Crippen molar-refractivity contribution in [2.75, 3.05) is 7.11 Å². The van der Waals surface area contributed by atoms with Gasteiger partial charge in [-0.2, -0.15) is 0 Å². The van der Waals surface area contributed by atoms with Gasteiger partial charge in [0.1, 0.15) is 11.1 Å². The number of alkyl carbamates (subject to hydrolysis) is 1. The molecule has 0 unspecified atom stereocenters. The number of amides is 1. The van der Waals surface area contributed by atoms with Gasteiger partial charge in [0.25, 0.3) is 0 Å². The van der Waals surface area contributed by atoms with Crippen LogP contribution < -0.4 is 5.32 Å². The SMILES string of the molecule is CC[C@@]1(C)C[C@]1(NC(=O)OC(C)(C)C)C(=O)OC. The highest BCUT2D eigenvalue weighted by Crippen LogP contribution is 2.58. The number of nitrogens with one attached hydrogen (secondary N) is 1. The average molecular weight is 257 g/mol. The van der Waals surface area contributed by atoms with Crippen molar-refractivity contribution in [2.24, 2.45) is 5.41 Å². The molecule has 1 fully saturated rings. The fourth-order valence-electron chi connectivity index (χ4n) is 2.18. The molecule has 0 heterocycles. The molecular weight excluding hydrogens is 234 g/mol. The Morgan fingerprint density at radius 1 is 1.33 bits per heavy atom. The van der Waals surface area contributed by atoms with Crippen LogP contribution in [0.3, 0.4) is 0 Å². The standard InChI is InChI=1S/C13H23NO4/c1-7-12(5)8-13(12,9(15)17-6)14-10(16)18-11(2,3)4/h7-8H2,1-6H3,(H,14,16)/t12-,13-/m0/s1. The van der Waals surface area contributed by atoms with E-state index in [1.807, 2.05) is 13.8 Å². The molecule has 0 saturated heterocycles. The van der Waals surface area contributed by atoms with Crippen LogP contribution in [0.2, 0.25) is 0 Å². The smallest absolute Gasteiger partial charge is 0.408 e. The van der Waals surface area contributed by atoms with Crippen LogP contribution in [0.25, 0.3) is 0 Å². The fourth-order valence-corrected chi connectivity index (χ4v) is 2.18. The second kappa shape index (κ2) is 4.44. The molecule has 5 heteroatoms. The third-order valence-electron chi connectivity index (χ3n) is 3.59. The van der Waals surface area contributed by atoms with E-state index in [1.54, 1.807) is 20.8 Å². The number of esters is 1. The lowest BCUT2D eigenvalue weighted by Crippen LogP contribution is -2.49. The van der Waals surface area contributed by atoms with Gasteiger partial charge in [-0.25, -0.2) is 9.59 Å². The van der Waals surface area contributed by atoms with E-state index in [9.17, 15) is 9.59 Å². The molecule has 1 saturated carbocycles. The van der Waals surface area contributed by atoms with Gasteiger partial charge in [-0.15, -0.1) is 0 Å². The first-order chi connectivity index (χ1) is 8.10. The topological polar surface area (TPSA) is 64.6 Å². The maximum absolute atomic E-state index is 11.9. The molecule has 0 aromatic carbocycles. The molecule has 1 aliphatic carbocycles. The third-order valence-corrected chi connectivity index (χ3v) is 3.59. The van der Waals surface area contributed by atoms with Gasteiger partial charge in [0.15, 0.2) is 0 Å². The Morgan fingerprint density at radius 3 is 2.22 bits per heavy atom. The first-order valence-corrected chi connectivity index (χ1v) is 6.20. The van der Waals surface area contributed by atoms with Crippen molar-refractivity contribution in [1.82, 2.24) is 5.32 Å². The lowest BCUT2D eigenvalue weighted by Gasteiger charge is -2.25. The van der Waals surface area contributed by atoms with Crippen LogP contribution in [0, 0.1) is 5.41 Å². The number of hydrogen-bond acceptors (Lipinski definition) is 4. The Labute approximate surface area is 108 Å². The number of ether oxygens (including phenoxy) is 2. The summed E-state index contributed by atoms with van der Waals surface area (Å²) < 4.78 is 9.98. The predicted octanol–water partition coefficient (Wildman–Crippen LogP) is 2.24. The first-order valence-electron chi connectivity index (χ1n) is 6.20. The zero-order valence-electron chi connectivity index (χ0n) is 12.0. The predicted molar refractivity (Wildman–Crippen MR) is 67.1 cm³/mol. The summed E-state index contributed by atoms with van der Waals surface area (Å²) in [4.78, 5) is 23.7. The molecule has 1 amide bonds. The third kappa shape index (κ3) is 2.60. The molecule has 0 spiro atoms. The van der Waals surface area contributed by atoms with E-state index in [4.69, 9.17) is 9.47 Å². The maximum Gasteiger partial charge on any atom is 0.408 e. The van der Waals surface area contributed by atoms with Crippen LogP contribution in [-0.4, -0.2) is 30.3 Å². The Morgan fingerprint density at radius 2 is 1.89 bits per heavy atom. The van der Waals surface area contributed by atoms with Crippen molar-refractivity contribution in [3.8, 4) is 0 Å². The van der Waals surface area contributed by atoms with Crippen molar-refractivity contribution in [2.45, 2.75) is 58.6 Å². The fraction of sp³-hybridized carbons (Fsp3) is 0.846. The molecule has 18 heavy (non-hydrogen) atoms. The molecule has 104 valence electrons. The highest BCUT2D eigenvalue weighted by Gasteiger charge is 2.70. The molecule has 5 nitrogen and oxygen atoms in total. The lowest BCUT2D eigenvalue weighted by atomic mass is 9.99. The van der Waals surface area contributed by atoms with Crippen LogP contribution in [-0.2, 0) is 14.3 Å². The van der Waals surface area contributed by atoms with E-state index in [-0.39, 0.29) is 5.41 Å². The van der Waals surface area contributed by atoms with Crippen LogP contribution in [0.4, 0.5) is 4.79 Å². The quantitative estimate of drug-likeness (QED) is 0.787. The van der Waals surface area contributed by atoms with Crippen LogP contribution in [0.5, 0.6) is 0 Å². The summed E-state index contributed by atoms with van der Waals surface area (Å²) >= 11 is 0. The number of carbonyl (C=O) groups is 2. The summed E-state index contributed by atoms with van der Waals surface area (Å²) in [6.45, 7) is 9.29. The number of methoxy groups -OCH3 is 1. The Kier molecular flexibility index (Phi) is 3.65. The molecule has 0 bridgehead atoms. The highest BCUT2D eigenvalue weighted by molar-refractivity contribution is 5.90. The van der Waals surface area contributed by atoms with Gasteiger partial charge >= 0.3 is 12.1 Å². The Bertz CT molecular complexity index is 360. The minimum Gasteiger partial charge on any atom is -0.467 e. The van der Waals surface area contributed by atoms with Gasteiger partial charge in [-0.1, -0.05) is 13.8 Å². The minimum absolute atomic E-state index is 0.253. The van der Waals surface area contributed by atoms with E-state index in [1.165, 1.54) is 7.11 Å². The Balaban J connectivity index is 2.78.